The quantitative estimate of drug-likeness (QED) is 0.420. The molecule has 0 radical (unpaired) electrons. The second kappa shape index (κ2) is 1.34. The summed E-state index contributed by atoms with van der Waals surface area (Å²) in [6.07, 6.45) is 0. The monoisotopic (exact) mass is 190 g/mol. The predicted molar refractivity (Wildman–Crippen MR) is 35.3 cm³/mol. The summed E-state index contributed by atoms with van der Waals surface area (Å²) in [5.41, 5.74) is 0. The van der Waals surface area contributed by atoms with Crippen molar-refractivity contribution in [2.24, 2.45) is 11.8 Å². The van der Waals surface area contributed by atoms with Crippen LogP contribution in [0.25, 0.3) is 0 Å². The number of esters is 1. The van der Waals surface area contributed by atoms with E-state index in [9.17, 15) is 4.79 Å². The summed E-state index contributed by atoms with van der Waals surface area (Å²) in [4.78, 5) is 10.9. The minimum atomic E-state index is -0.271. The first-order valence-corrected chi connectivity index (χ1v) is 3.83. The van der Waals surface area contributed by atoms with Gasteiger partial charge in [0.2, 0.25) is 0 Å². The van der Waals surface area contributed by atoms with Gasteiger partial charge in [-0.2, -0.15) is 0 Å². The molecule has 0 spiro atoms. The molecule has 9 heavy (non-hydrogen) atoms. The Labute approximate surface area is 61.7 Å². The van der Waals surface area contributed by atoms with Crippen LogP contribution < -0.4 is 0 Å². The van der Waals surface area contributed by atoms with Gasteiger partial charge in [0.1, 0.15) is 4.32 Å². The van der Waals surface area contributed by atoms with E-state index >= 15 is 0 Å². The number of halogens is 1. The van der Waals surface area contributed by atoms with Crippen LogP contribution in [-0.2, 0) is 9.53 Å². The summed E-state index contributed by atoms with van der Waals surface area (Å²) < 4.78 is 4.53. The van der Waals surface area contributed by atoms with Crippen LogP contribution in [0, 0.1) is 11.8 Å². The van der Waals surface area contributed by atoms with Gasteiger partial charge in [-0.05, 0) is 5.92 Å². The lowest BCUT2D eigenvalue weighted by molar-refractivity contribution is -0.140. The maximum absolute atomic E-state index is 10.9. The second-order valence-electron chi connectivity index (χ2n) is 2.76. The molecule has 0 aromatic rings. The molecule has 0 aromatic carbocycles. The van der Waals surface area contributed by atoms with E-state index in [0.29, 0.717) is 18.4 Å². The van der Waals surface area contributed by atoms with Gasteiger partial charge in [0.05, 0.1) is 6.61 Å². The number of ether oxygens (including phenoxy) is 1. The first-order chi connectivity index (χ1) is 4.17. The van der Waals surface area contributed by atoms with Gasteiger partial charge in [0, 0.05) is 5.92 Å². The normalized spacial score (nSPS) is 54.7. The highest BCUT2D eigenvalue weighted by Gasteiger charge is 2.71. The van der Waals surface area contributed by atoms with Crippen molar-refractivity contribution in [2.75, 3.05) is 6.61 Å². The smallest absolute Gasteiger partial charge is 0.323 e. The van der Waals surface area contributed by atoms with Gasteiger partial charge in [-0.15, -0.1) is 0 Å². The van der Waals surface area contributed by atoms with E-state index in [1.165, 1.54) is 0 Å². The lowest BCUT2D eigenvalue weighted by Crippen LogP contribution is -2.15. The Bertz CT molecular complexity index is 180. The molecule has 2 nitrogen and oxygen atoms in total. The van der Waals surface area contributed by atoms with E-state index < -0.39 is 0 Å². The fourth-order valence-corrected chi connectivity index (χ4v) is 2.31. The van der Waals surface area contributed by atoms with E-state index in [1.807, 2.05) is 0 Å². The van der Waals surface area contributed by atoms with Crippen molar-refractivity contribution in [1.29, 1.82) is 0 Å². The molecule has 1 aliphatic heterocycles. The predicted octanol–water partition coefficient (Wildman–Crippen LogP) is 0.943. The highest BCUT2D eigenvalue weighted by atomic mass is 79.9. The molecule has 2 fully saturated rings. The third-order valence-corrected chi connectivity index (χ3v) is 4.04. The lowest BCUT2D eigenvalue weighted by atomic mass is 10.3. The number of hydrogen-bond acceptors (Lipinski definition) is 2. The highest BCUT2D eigenvalue weighted by molar-refractivity contribution is 9.10. The molecular formula is C6H7BrO2. The Morgan fingerprint density at radius 3 is 2.78 bits per heavy atom. The van der Waals surface area contributed by atoms with Crippen LogP contribution in [0.3, 0.4) is 0 Å². The van der Waals surface area contributed by atoms with Gasteiger partial charge in [-0.1, -0.05) is 22.9 Å². The highest BCUT2D eigenvalue weighted by Crippen LogP contribution is 2.61. The second-order valence-corrected chi connectivity index (χ2v) is 4.07. The zero-order valence-corrected chi connectivity index (χ0v) is 6.64. The van der Waals surface area contributed by atoms with Crippen LogP contribution in [0.1, 0.15) is 6.92 Å². The molecule has 3 atom stereocenters. The lowest BCUT2D eigenvalue weighted by Gasteiger charge is -2.00. The first-order valence-electron chi connectivity index (χ1n) is 3.03. The number of rotatable bonds is 0. The van der Waals surface area contributed by atoms with Crippen LogP contribution >= 0.6 is 15.9 Å². The van der Waals surface area contributed by atoms with Crippen LogP contribution in [0.4, 0.5) is 0 Å². The topological polar surface area (TPSA) is 26.3 Å². The van der Waals surface area contributed by atoms with Gasteiger partial charge in [0.25, 0.3) is 0 Å². The standard InChI is InChI=1S/C6H7BrO2/c1-3-4-2-9-5(8)6(3,4)7/h3-4H,2H2,1H3/t3-,4?,6-/m0/s1. The Hall–Kier alpha value is -0.0500. The van der Waals surface area contributed by atoms with Crippen molar-refractivity contribution in [3.05, 3.63) is 0 Å². The molecule has 0 bridgehead atoms. The molecule has 2 aliphatic rings. The van der Waals surface area contributed by atoms with Gasteiger partial charge < -0.3 is 4.74 Å². The van der Waals surface area contributed by atoms with E-state index in [2.05, 4.69) is 22.9 Å². The maximum atomic E-state index is 10.9. The number of alkyl halides is 1. The molecule has 0 aromatic heterocycles. The van der Waals surface area contributed by atoms with Crippen molar-refractivity contribution >= 4 is 21.9 Å². The van der Waals surface area contributed by atoms with Crippen LogP contribution in [-0.4, -0.2) is 16.9 Å². The molecule has 1 saturated heterocycles. The first kappa shape index (κ1) is 5.71. The van der Waals surface area contributed by atoms with Gasteiger partial charge in [-0.25, -0.2) is 0 Å². The van der Waals surface area contributed by atoms with E-state index in [1.54, 1.807) is 0 Å². The Morgan fingerprint density at radius 2 is 2.56 bits per heavy atom. The van der Waals surface area contributed by atoms with E-state index in [-0.39, 0.29) is 10.3 Å². The summed E-state index contributed by atoms with van der Waals surface area (Å²) in [5.74, 6) is 0.865. The summed E-state index contributed by atoms with van der Waals surface area (Å²) in [7, 11) is 0. The molecular weight excluding hydrogens is 184 g/mol. The molecule has 3 heteroatoms. The average molecular weight is 191 g/mol. The Balaban J connectivity index is 2.31. The number of fused-ring (bicyclic) bond motifs is 1. The minimum absolute atomic E-state index is 0.0694. The largest absolute Gasteiger partial charge is 0.464 e. The molecule has 0 N–H and O–H groups in total. The van der Waals surface area contributed by atoms with E-state index in [4.69, 9.17) is 4.74 Å². The number of cyclic esters (lactones) is 1. The van der Waals surface area contributed by atoms with E-state index in [0.717, 1.165) is 0 Å². The molecule has 1 unspecified atom stereocenters. The molecule has 0 amide bonds. The van der Waals surface area contributed by atoms with Crippen molar-refractivity contribution in [3.8, 4) is 0 Å². The summed E-state index contributed by atoms with van der Waals surface area (Å²) in [5, 5.41) is 0. The van der Waals surface area contributed by atoms with Crippen molar-refractivity contribution in [1.82, 2.24) is 0 Å². The fraction of sp³-hybridized carbons (Fsp3) is 0.833. The number of carbonyl (C=O) groups excluding carboxylic acids is 1. The van der Waals surface area contributed by atoms with Crippen LogP contribution in [0.15, 0.2) is 0 Å². The zero-order valence-electron chi connectivity index (χ0n) is 5.06. The number of hydrogen-bond donors (Lipinski definition) is 0. The van der Waals surface area contributed by atoms with Gasteiger partial charge in [0.15, 0.2) is 0 Å². The number of carbonyl (C=O) groups is 1. The van der Waals surface area contributed by atoms with Crippen LogP contribution in [0.5, 0.6) is 0 Å². The summed E-state index contributed by atoms with van der Waals surface area (Å²) in [6, 6.07) is 0. The third-order valence-electron chi connectivity index (χ3n) is 2.40. The van der Waals surface area contributed by atoms with Gasteiger partial charge in [-0.3, -0.25) is 4.79 Å². The SMILES string of the molecule is C[C@H]1C2COC(=O)[C@@]21Br. The Morgan fingerprint density at radius 1 is 1.89 bits per heavy atom. The van der Waals surface area contributed by atoms with Crippen molar-refractivity contribution < 1.29 is 9.53 Å². The molecule has 50 valence electrons. The third kappa shape index (κ3) is 0.452. The van der Waals surface area contributed by atoms with Crippen molar-refractivity contribution in [3.63, 3.8) is 0 Å². The summed E-state index contributed by atoms with van der Waals surface area (Å²) in [6.45, 7) is 2.69. The molecule has 1 saturated carbocycles. The maximum Gasteiger partial charge on any atom is 0.323 e. The Kier molecular flexibility index (Phi) is 0.849. The van der Waals surface area contributed by atoms with Crippen LogP contribution in [0.2, 0.25) is 0 Å². The molecule has 1 heterocycles. The molecule has 1 aliphatic carbocycles. The van der Waals surface area contributed by atoms with Gasteiger partial charge >= 0.3 is 5.97 Å². The van der Waals surface area contributed by atoms with Crippen molar-refractivity contribution in [2.45, 2.75) is 11.2 Å². The fourth-order valence-electron chi connectivity index (χ4n) is 1.48. The molecule has 2 rings (SSSR count). The minimum Gasteiger partial charge on any atom is -0.464 e. The zero-order chi connectivity index (χ0) is 6.65. The summed E-state index contributed by atoms with van der Waals surface area (Å²) >= 11 is 3.37. The average Bonchev–Trinajstić information content (AvgIpc) is 2.15.